The van der Waals surface area contributed by atoms with Gasteiger partial charge in [0, 0.05) is 22.9 Å². The molecule has 7 nitrogen and oxygen atoms in total. The van der Waals surface area contributed by atoms with Crippen molar-refractivity contribution < 1.29 is 15.1 Å². The Kier molecular flexibility index (Phi) is 3.60. The van der Waals surface area contributed by atoms with E-state index in [-0.39, 0.29) is 22.9 Å². The molecule has 0 saturated heterocycles. The first-order valence-corrected chi connectivity index (χ1v) is 6.67. The van der Waals surface area contributed by atoms with E-state index in [9.17, 15) is 20.3 Å². The van der Waals surface area contributed by atoms with Gasteiger partial charge in [0.2, 0.25) is 0 Å². The van der Waals surface area contributed by atoms with E-state index in [2.05, 4.69) is 10.2 Å². The predicted octanol–water partition coefficient (Wildman–Crippen LogP) is 4.57. The van der Waals surface area contributed by atoms with Crippen molar-refractivity contribution in [3.05, 3.63) is 64.7 Å². The summed E-state index contributed by atoms with van der Waals surface area (Å²) < 4.78 is 0. The van der Waals surface area contributed by atoms with E-state index >= 15 is 0 Å². The van der Waals surface area contributed by atoms with Crippen LogP contribution in [0.4, 0.5) is 17.1 Å². The zero-order chi connectivity index (χ0) is 16.4. The van der Waals surface area contributed by atoms with Crippen LogP contribution in [0.5, 0.6) is 11.5 Å². The number of phenolic OH excluding ortho intramolecular Hbond substituents is 2. The Morgan fingerprint density at radius 1 is 0.870 bits per heavy atom. The SMILES string of the molecule is O=[N+]([O-])c1ccccc1N=Nc1cc(O)c(O)c2ccccc12. The molecule has 0 aromatic heterocycles. The second kappa shape index (κ2) is 5.72. The van der Waals surface area contributed by atoms with Crippen LogP contribution in [0.3, 0.4) is 0 Å². The maximum absolute atomic E-state index is 11.0. The molecule has 0 heterocycles. The molecule has 0 saturated carbocycles. The molecule has 3 aromatic rings. The minimum absolute atomic E-state index is 0.106. The molecule has 0 bridgehead atoms. The lowest BCUT2D eigenvalue weighted by Gasteiger charge is -2.05. The third-order valence-corrected chi connectivity index (χ3v) is 3.32. The summed E-state index contributed by atoms with van der Waals surface area (Å²) in [7, 11) is 0. The highest BCUT2D eigenvalue weighted by Crippen LogP contribution is 2.40. The number of nitro benzene ring substituents is 1. The zero-order valence-electron chi connectivity index (χ0n) is 11.7. The molecule has 2 N–H and O–H groups in total. The molecule has 3 rings (SSSR count). The maximum Gasteiger partial charge on any atom is 0.296 e. The van der Waals surface area contributed by atoms with Gasteiger partial charge < -0.3 is 10.2 Å². The fraction of sp³-hybridized carbons (Fsp3) is 0. The Labute approximate surface area is 130 Å². The van der Waals surface area contributed by atoms with Gasteiger partial charge in [0.1, 0.15) is 0 Å². The molecular formula is C16H11N3O4. The minimum atomic E-state index is -0.541. The predicted molar refractivity (Wildman–Crippen MR) is 84.6 cm³/mol. The Bertz CT molecular complexity index is 938. The summed E-state index contributed by atoms with van der Waals surface area (Å²) in [5.41, 5.74) is 0.242. The second-order valence-corrected chi connectivity index (χ2v) is 4.75. The molecule has 0 amide bonds. The topological polar surface area (TPSA) is 108 Å². The summed E-state index contributed by atoms with van der Waals surface area (Å²) in [5.74, 6) is -0.578. The van der Waals surface area contributed by atoms with Crippen molar-refractivity contribution in [2.24, 2.45) is 10.2 Å². The van der Waals surface area contributed by atoms with Gasteiger partial charge in [-0.2, -0.15) is 0 Å². The third-order valence-electron chi connectivity index (χ3n) is 3.32. The summed E-state index contributed by atoms with van der Waals surface area (Å²) in [6, 6.07) is 14.0. The lowest BCUT2D eigenvalue weighted by Crippen LogP contribution is -1.87. The number of benzene rings is 3. The number of phenols is 2. The standard InChI is InChI=1S/C16H11N3O4/c20-15-9-13(10-5-1-2-6-11(10)16(15)21)18-17-12-7-3-4-8-14(12)19(22)23/h1-9,20-21H. The van der Waals surface area contributed by atoms with E-state index in [1.54, 1.807) is 36.4 Å². The number of aromatic hydroxyl groups is 2. The van der Waals surface area contributed by atoms with Gasteiger partial charge in [-0.25, -0.2) is 0 Å². The summed E-state index contributed by atoms with van der Waals surface area (Å²) in [5, 5.41) is 39.5. The van der Waals surface area contributed by atoms with E-state index in [1.807, 2.05) is 0 Å². The van der Waals surface area contributed by atoms with E-state index < -0.39 is 4.92 Å². The fourth-order valence-corrected chi connectivity index (χ4v) is 2.22. The highest BCUT2D eigenvalue weighted by molar-refractivity contribution is 5.98. The van der Waals surface area contributed by atoms with Crippen molar-refractivity contribution in [3.63, 3.8) is 0 Å². The zero-order valence-corrected chi connectivity index (χ0v) is 11.7. The molecule has 7 heteroatoms. The van der Waals surface area contributed by atoms with Gasteiger partial charge in [-0.05, 0) is 6.07 Å². The summed E-state index contributed by atoms with van der Waals surface area (Å²) >= 11 is 0. The highest BCUT2D eigenvalue weighted by atomic mass is 16.6. The Morgan fingerprint density at radius 2 is 1.48 bits per heavy atom. The number of nitrogens with zero attached hydrogens (tertiary/aromatic N) is 3. The Morgan fingerprint density at radius 3 is 2.22 bits per heavy atom. The summed E-state index contributed by atoms with van der Waals surface area (Å²) in [6.07, 6.45) is 0. The van der Waals surface area contributed by atoms with E-state index in [4.69, 9.17) is 0 Å². The molecule has 3 aromatic carbocycles. The number of azo groups is 1. The van der Waals surface area contributed by atoms with Crippen LogP contribution in [-0.2, 0) is 0 Å². The summed E-state index contributed by atoms with van der Waals surface area (Å²) in [6.45, 7) is 0. The van der Waals surface area contributed by atoms with Gasteiger partial charge in [0.25, 0.3) is 5.69 Å². The normalized spacial score (nSPS) is 11.1. The molecule has 0 atom stereocenters. The van der Waals surface area contributed by atoms with Gasteiger partial charge in [0.05, 0.1) is 10.6 Å². The van der Waals surface area contributed by atoms with Gasteiger partial charge in [-0.3, -0.25) is 10.1 Å². The average Bonchev–Trinajstić information content (AvgIpc) is 2.57. The van der Waals surface area contributed by atoms with Crippen LogP contribution in [-0.4, -0.2) is 15.1 Å². The molecule has 0 fully saturated rings. The molecule has 0 spiro atoms. The van der Waals surface area contributed by atoms with Crippen LogP contribution >= 0.6 is 0 Å². The lowest BCUT2D eigenvalue weighted by molar-refractivity contribution is -0.384. The van der Waals surface area contributed by atoms with Crippen molar-refractivity contribution in [1.29, 1.82) is 0 Å². The molecule has 0 aliphatic rings. The molecule has 0 aliphatic carbocycles. The van der Waals surface area contributed by atoms with Crippen molar-refractivity contribution in [2.75, 3.05) is 0 Å². The number of para-hydroxylation sites is 1. The molecule has 0 aliphatic heterocycles. The number of hydrogen-bond donors (Lipinski definition) is 2. The van der Waals surface area contributed by atoms with Gasteiger partial charge in [-0.1, -0.05) is 36.4 Å². The highest BCUT2D eigenvalue weighted by Gasteiger charge is 2.13. The third kappa shape index (κ3) is 2.67. The summed E-state index contributed by atoms with van der Waals surface area (Å²) in [4.78, 5) is 10.4. The minimum Gasteiger partial charge on any atom is -0.504 e. The van der Waals surface area contributed by atoms with Gasteiger partial charge in [-0.15, -0.1) is 10.2 Å². The van der Waals surface area contributed by atoms with Crippen LogP contribution in [0.15, 0.2) is 64.8 Å². The van der Waals surface area contributed by atoms with Crippen LogP contribution in [0, 0.1) is 10.1 Å². The second-order valence-electron chi connectivity index (χ2n) is 4.75. The Balaban J connectivity index is 2.13. The van der Waals surface area contributed by atoms with E-state index in [0.717, 1.165) is 0 Å². The molecule has 23 heavy (non-hydrogen) atoms. The fourth-order valence-electron chi connectivity index (χ4n) is 2.22. The van der Waals surface area contributed by atoms with Crippen molar-refractivity contribution in [1.82, 2.24) is 0 Å². The number of hydrogen-bond acceptors (Lipinski definition) is 6. The number of rotatable bonds is 3. The van der Waals surface area contributed by atoms with Gasteiger partial charge in [0.15, 0.2) is 17.2 Å². The van der Waals surface area contributed by atoms with E-state index in [0.29, 0.717) is 16.5 Å². The number of fused-ring (bicyclic) bond motifs is 1. The van der Waals surface area contributed by atoms with Crippen molar-refractivity contribution in [2.45, 2.75) is 0 Å². The van der Waals surface area contributed by atoms with Crippen LogP contribution < -0.4 is 0 Å². The first-order chi connectivity index (χ1) is 11.1. The molecule has 114 valence electrons. The van der Waals surface area contributed by atoms with Crippen LogP contribution in [0.2, 0.25) is 0 Å². The largest absolute Gasteiger partial charge is 0.504 e. The maximum atomic E-state index is 11.0. The quantitative estimate of drug-likeness (QED) is 0.319. The van der Waals surface area contributed by atoms with Gasteiger partial charge >= 0.3 is 0 Å². The molecule has 0 unspecified atom stereocenters. The average molecular weight is 309 g/mol. The first-order valence-electron chi connectivity index (χ1n) is 6.67. The van der Waals surface area contributed by atoms with E-state index in [1.165, 1.54) is 18.2 Å². The first kappa shape index (κ1) is 14.5. The van der Waals surface area contributed by atoms with Crippen molar-refractivity contribution in [3.8, 4) is 11.5 Å². The lowest BCUT2D eigenvalue weighted by atomic mass is 10.1. The van der Waals surface area contributed by atoms with Crippen LogP contribution in [0.1, 0.15) is 0 Å². The number of nitro groups is 1. The molecule has 0 radical (unpaired) electrons. The Hall–Kier alpha value is -3.48. The molecular weight excluding hydrogens is 298 g/mol. The smallest absolute Gasteiger partial charge is 0.296 e. The van der Waals surface area contributed by atoms with Crippen LogP contribution in [0.25, 0.3) is 10.8 Å². The monoisotopic (exact) mass is 309 g/mol. The van der Waals surface area contributed by atoms with Crippen molar-refractivity contribution >= 4 is 27.8 Å².